The maximum Gasteiger partial charge on any atom is 0.311 e. The van der Waals surface area contributed by atoms with Crippen molar-refractivity contribution in [1.82, 2.24) is 24.8 Å². The molecule has 4 aliphatic heterocycles. The Morgan fingerprint density at radius 1 is 1.13 bits per heavy atom. The molecule has 5 heterocycles. The summed E-state index contributed by atoms with van der Waals surface area (Å²) < 4.78 is 5.47. The second-order valence-electron chi connectivity index (χ2n) is 11.4. The summed E-state index contributed by atoms with van der Waals surface area (Å²) in [6, 6.07) is 6.10. The molecular weight excluding hydrogens is 518 g/mol. The minimum atomic E-state index is -0.988. The maximum absolute atomic E-state index is 14.5. The maximum atomic E-state index is 14.5. The number of carbonyl (C=O) groups excluding carboxylic acids is 3. The topological polar surface area (TPSA) is 118 Å². The first kappa shape index (κ1) is 26.1. The smallest absolute Gasteiger partial charge is 0.311 e. The van der Waals surface area contributed by atoms with Crippen molar-refractivity contribution < 1.29 is 24.2 Å². The van der Waals surface area contributed by atoms with Crippen LogP contribution in [0, 0.1) is 17.8 Å². The predicted octanol–water partition coefficient (Wildman–Crippen LogP) is 1.99. The highest BCUT2D eigenvalue weighted by Crippen LogP contribution is 2.65. The Kier molecular flexibility index (Phi) is 6.33. The molecule has 0 saturated carbocycles. The molecule has 2 fully saturated rings. The van der Waals surface area contributed by atoms with Crippen LogP contribution in [0.3, 0.4) is 0 Å². The molecule has 1 unspecified atom stereocenters. The highest BCUT2D eigenvalue weighted by Gasteiger charge is 2.74. The van der Waals surface area contributed by atoms with E-state index in [0.29, 0.717) is 13.0 Å². The van der Waals surface area contributed by atoms with Crippen LogP contribution in [0.2, 0.25) is 0 Å². The van der Waals surface area contributed by atoms with Crippen LogP contribution < -0.4 is 0 Å². The molecule has 0 bridgehead atoms. The van der Waals surface area contributed by atoms with Gasteiger partial charge in [-0.25, -0.2) is 4.68 Å². The van der Waals surface area contributed by atoms with Crippen molar-refractivity contribution in [3.63, 3.8) is 0 Å². The van der Waals surface area contributed by atoms with Crippen LogP contribution in [0.15, 0.2) is 48.6 Å². The third-order valence-electron chi connectivity index (χ3n) is 8.41. The van der Waals surface area contributed by atoms with Crippen LogP contribution in [0.4, 0.5) is 0 Å². The molecule has 2 aromatic rings. The van der Waals surface area contributed by atoms with Gasteiger partial charge in [0.15, 0.2) is 0 Å². The number of benzene rings is 1. The van der Waals surface area contributed by atoms with Crippen LogP contribution in [0.1, 0.15) is 27.2 Å². The van der Waals surface area contributed by atoms with Crippen molar-refractivity contribution in [2.24, 2.45) is 17.8 Å². The van der Waals surface area contributed by atoms with Gasteiger partial charge in [0.2, 0.25) is 11.8 Å². The molecule has 4 aliphatic rings. The largest absolute Gasteiger partial charge is 0.461 e. The molecule has 0 aliphatic carbocycles. The van der Waals surface area contributed by atoms with Gasteiger partial charge in [-0.3, -0.25) is 14.4 Å². The van der Waals surface area contributed by atoms with E-state index in [9.17, 15) is 19.5 Å². The molecule has 2 amide bonds. The Bertz CT molecular complexity index is 1390. The average molecular weight is 552 g/mol. The first-order chi connectivity index (χ1) is 18.7. The number of aliphatic hydroxyl groups excluding tert-OH is 1. The molecule has 1 N–H and O–H groups in total. The SMILES string of the molecule is CC(C)C[C@H](CO)N1C(=O)[C@@H]2[C@@H]3C(=O)OCC=C[C@]3(C)S[C@@]23C=CCN(Cn2nnc4ccccc42)C(=O)C13. The lowest BCUT2D eigenvalue weighted by Crippen LogP contribution is -2.57. The van der Waals surface area contributed by atoms with E-state index in [0.717, 1.165) is 11.0 Å². The van der Waals surface area contributed by atoms with E-state index in [1.165, 1.54) is 11.8 Å². The number of hydrogen-bond acceptors (Lipinski definition) is 8. The molecule has 1 aromatic heterocycles. The van der Waals surface area contributed by atoms with Gasteiger partial charge in [0.1, 0.15) is 24.8 Å². The van der Waals surface area contributed by atoms with Crippen LogP contribution in [0.5, 0.6) is 0 Å². The Morgan fingerprint density at radius 3 is 2.69 bits per heavy atom. The van der Waals surface area contributed by atoms with E-state index in [2.05, 4.69) is 10.3 Å². The van der Waals surface area contributed by atoms with Crippen LogP contribution in [-0.2, 0) is 25.8 Å². The fraction of sp³-hybridized carbons (Fsp3) is 0.536. The Labute approximate surface area is 231 Å². The van der Waals surface area contributed by atoms with Crippen LogP contribution in [-0.4, -0.2) is 89.0 Å². The number of fused-ring (bicyclic) bond motifs is 3. The molecule has 11 heteroatoms. The van der Waals surface area contributed by atoms with Crippen molar-refractivity contribution in [2.75, 3.05) is 19.8 Å². The van der Waals surface area contributed by atoms with Crippen molar-refractivity contribution >= 4 is 40.6 Å². The minimum Gasteiger partial charge on any atom is -0.461 e. The summed E-state index contributed by atoms with van der Waals surface area (Å²) in [7, 11) is 0. The lowest BCUT2D eigenvalue weighted by atomic mass is 9.75. The quantitative estimate of drug-likeness (QED) is 0.428. The van der Waals surface area contributed by atoms with Gasteiger partial charge >= 0.3 is 5.97 Å². The lowest BCUT2D eigenvalue weighted by molar-refractivity contribution is -0.153. The van der Waals surface area contributed by atoms with E-state index in [1.807, 2.05) is 69.3 Å². The molecule has 2 saturated heterocycles. The zero-order valence-electron chi connectivity index (χ0n) is 22.3. The van der Waals surface area contributed by atoms with E-state index in [1.54, 1.807) is 14.5 Å². The average Bonchev–Trinajstić information content (AvgIpc) is 3.43. The van der Waals surface area contributed by atoms with Crippen molar-refractivity contribution in [3.8, 4) is 0 Å². The number of aromatic nitrogens is 3. The van der Waals surface area contributed by atoms with Gasteiger partial charge < -0.3 is 19.6 Å². The summed E-state index contributed by atoms with van der Waals surface area (Å²) in [6.07, 6.45) is 8.19. The number of likely N-dealkylation sites (tertiary alicyclic amines) is 1. The van der Waals surface area contributed by atoms with Gasteiger partial charge in [0.05, 0.1) is 34.7 Å². The van der Waals surface area contributed by atoms with E-state index >= 15 is 0 Å². The highest BCUT2D eigenvalue weighted by atomic mass is 32.2. The van der Waals surface area contributed by atoms with E-state index in [-0.39, 0.29) is 37.6 Å². The van der Waals surface area contributed by atoms with E-state index in [4.69, 9.17) is 4.74 Å². The summed E-state index contributed by atoms with van der Waals surface area (Å²) >= 11 is 1.50. The number of rotatable bonds is 6. The number of nitrogens with zero attached hydrogens (tertiary/aromatic N) is 5. The molecule has 1 aromatic carbocycles. The fourth-order valence-corrected chi connectivity index (χ4v) is 9.01. The van der Waals surface area contributed by atoms with Crippen LogP contribution >= 0.6 is 11.8 Å². The first-order valence-corrected chi connectivity index (χ1v) is 14.2. The number of esters is 1. The first-order valence-electron chi connectivity index (χ1n) is 13.4. The lowest BCUT2D eigenvalue weighted by Gasteiger charge is -2.40. The van der Waals surface area contributed by atoms with Crippen molar-refractivity contribution in [1.29, 1.82) is 0 Å². The summed E-state index contributed by atoms with van der Waals surface area (Å²) in [5.74, 6) is -2.29. The molecule has 10 nitrogen and oxygen atoms in total. The van der Waals surface area contributed by atoms with Gasteiger partial charge in [-0.15, -0.1) is 16.9 Å². The number of cyclic esters (lactones) is 1. The van der Waals surface area contributed by atoms with Gasteiger partial charge in [0, 0.05) is 11.3 Å². The molecule has 0 radical (unpaired) electrons. The summed E-state index contributed by atoms with van der Waals surface area (Å²) in [4.78, 5) is 45.5. The molecule has 1 spiro atoms. The monoisotopic (exact) mass is 551 g/mol. The zero-order valence-corrected chi connectivity index (χ0v) is 23.1. The van der Waals surface area contributed by atoms with Gasteiger partial charge in [-0.05, 0) is 37.5 Å². The normalized spacial score (nSPS) is 32.7. The molecule has 39 heavy (non-hydrogen) atoms. The predicted molar refractivity (Wildman–Crippen MR) is 145 cm³/mol. The number of amides is 2. The number of para-hydroxylation sites is 1. The summed E-state index contributed by atoms with van der Waals surface area (Å²) in [5.41, 5.74) is 1.53. The van der Waals surface area contributed by atoms with Gasteiger partial charge in [-0.2, -0.15) is 0 Å². The summed E-state index contributed by atoms with van der Waals surface area (Å²) in [5, 5.41) is 19.0. The Hall–Kier alpha value is -3.18. The second-order valence-corrected chi connectivity index (χ2v) is 13.2. The number of aliphatic hydroxyl groups is 1. The number of ether oxygens (including phenoxy) is 1. The molecule has 206 valence electrons. The van der Waals surface area contributed by atoms with Gasteiger partial charge in [0.25, 0.3) is 0 Å². The number of carbonyl (C=O) groups is 3. The Morgan fingerprint density at radius 2 is 1.92 bits per heavy atom. The molecule has 6 atom stereocenters. The third-order valence-corrected chi connectivity index (χ3v) is 10.2. The molecule has 6 rings (SSSR count). The minimum absolute atomic E-state index is 0.157. The van der Waals surface area contributed by atoms with Crippen molar-refractivity contribution in [2.45, 2.75) is 55.4 Å². The number of thioether (sulfide) groups is 1. The van der Waals surface area contributed by atoms with E-state index < -0.39 is 39.4 Å². The fourth-order valence-electron chi connectivity index (χ4n) is 6.87. The standard InChI is InChI=1S/C28H33N5O5S/c1-17(2)14-18(15-34)33-23-25(36)31(16-32-20-9-5-4-8-19(20)29-30-32)12-6-11-28(23)21(24(33)35)22-26(37)38-13-7-10-27(22,3)39-28/h4-11,17-18,21-23,34H,12-16H2,1-3H3/t18-,21+,22-,23?,27+,28+/m1/s1. The highest BCUT2D eigenvalue weighted by molar-refractivity contribution is 8.02. The molecular formula is C28H33N5O5S. The van der Waals surface area contributed by atoms with Gasteiger partial charge in [-0.1, -0.05) is 49.4 Å². The second kappa shape index (κ2) is 9.48. The zero-order chi connectivity index (χ0) is 27.5. The third kappa shape index (κ3) is 3.92. The summed E-state index contributed by atoms with van der Waals surface area (Å²) in [6.45, 7) is 6.36. The van der Waals surface area contributed by atoms with Crippen LogP contribution in [0.25, 0.3) is 11.0 Å². The Balaban J connectivity index is 1.45. The number of hydrogen-bond donors (Lipinski definition) is 1. The van der Waals surface area contributed by atoms with Crippen molar-refractivity contribution in [3.05, 3.63) is 48.6 Å².